The van der Waals surface area contributed by atoms with Gasteiger partial charge in [0.05, 0.1) is 16.7 Å². The Labute approximate surface area is 139 Å². The Balaban J connectivity index is 2.11. The van der Waals surface area contributed by atoms with Crippen LogP contribution >= 0.6 is 0 Å². The average Bonchev–Trinajstić information content (AvgIpc) is 2.77. The van der Waals surface area contributed by atoms with Crippen LogP contribution in [0.25, 0.3) is 0 Å². The van der Waals surface area contributed by atoms with Crippen molar-refractivity contribution in [2.75, 3.05) is 13.2 Å². The van der Waals surface area contributed by atoms with Crippen molar-refractivity contribution in [3.8, 4) is 0 Å². The standard InChI is InChI=1S/C17H18N2O5/c1-4-7-19-15(21)12-6-5-11(8-13(12)16(19)22)17(23)24-9-14(20)18-10(2)3/h4-6,8,10H,1,7,9H2,2-3H3,(H,18,20). The van der Waals surface area contributed by atoms with E-state index in [2.05, 4.69) is 11.9 Å². The number of fused-ring (bicyclic) bond motifs is 1. The van der Waals surface area contributed by atoms with E-state index in [-0.39, 0.29) is 29.3 Å². The Bertz CT molecular complexity index is 724. The van der Waals surface area contributed by atoms with Crippen LogP contribution in [0.5, 0.6) is 0 Å². The van der Waals surface area contributed by atoms with Gasteiger partial charge in [-0.2, -0.15) is 0 Å². The van der Waals surface area contributed by atoms with Gasteiger partial charge in [-0.25, -0.2) is 4.79 Å². The van der Waals surface area contributed by atoms with Crippen LogP contribution in [0.15, 0.2) is 30.9 Å². The minimum atomic E-state index is -0.737. The van der Waals surface area contributed by atoms with Crippen LogP contribution in [0.1, 0.15) is 44.9 Å². The summed E-state index contributed by atoms with van der Waals surface area (Å²) in [6.45, 7) is 6.77. The van der Waals surface area contributed by atoms with Crippen molar-refractivity contribution in [1.29, 1.82) is 0 Å². The molecule has 1 heterocycles. The first-order valence-electron chi connectivity index (χ1n) is 7.42. The van der Waals surface area contributed by atoms with Crippen molar-refractivity contribution in [1.82, 2.24) is 10.2 Å². The zero-order chi connectivity index (χ0) is 17.9. The Kier molecular flexibility index (Phi) is 5.13. The summed E-state index contributed by atoms with van der Waals surface area (Å²) in [6.07, 6.45) is 1.45. The molecule has 126 valence electrons. The number of amides is 3. The lowest BCUT2D eigenvalue weighted by atomic mass is 10.1. The Morgan fingerprint density at radius 1 is 1.25 bits per heavy atom. The van der Waals surface area contributed by atoms with Gasteiger partial charge < -0.3 is 10.1 Å². The number of benzene rings is 1. The molecule has 0 saturated heterocycles. The maximum Gasteiger partial charge on any atom is 0.338 e. The number of esters is 1. The topological polar surface area (TPSA) is 92.8 Å². The summed E-state index contributed by atoms with van der Waals surface area (Å²) in [7, 11) is 0. The van der Waals surface area contributed by atoms with E-state index in [1.54, 1.807) is 13.8 Å². The summed E-state index contributed by atoms with van der Waals surface area (Å²) in [4.78, 5) is 48.8. The third kappa shape index (κ3) is 3.51. The molecular formula is C17H18N2O5. The molecule has 0 unspecified atom stereocenters. The van der Waals surface area contributed by atoms with Crippen molar-refractivity contribution in [2.24, 2.45) is 0 Å². The maximum absolute atomic E-state index is 12.2. The number of rotatable bonds is 6. The van der Waals surface area contributed by atoms with Crippen molar-refractivity contribution in [3.63, 3.8) is 0 Å². The van der Waals surface area contributed by atoms with E-state index < -0.39 is 30.3 Å². The Morgan fingerprint density at radius 2 is 1.92 bits per heavy atom. The van der Waals surface area contributed by atoms with E-state index in [0.717, 1.165) is 4.90 Å². The first kappa shape index (κ1) is 17.4. The number of ether oxygens (including phenoxy) is 1. The third-order valence-corrected chi connectivity index (χ3v) is 3.30. The summed E-state index contributed by atoms with van der Waals surface area (Å²) in [5.74, 6) is -2.06. The van der Waals surface area contributed by atoms with Gasteiger partial charge in [0.25, 0.3) is 17.7 Å². The number of carbonyl (C=O) groups excluding carboxylic acids is 4. The molecule has 1 aliphatic rings. The highest BCUT2D eigenvalue weighted by atomic mass is 16.5. The average molecular weight is 330 g/mol. The van der Waals surface area contributed by atoms with E-state index in [1.807, 2.05) is 0 Å². The lowest BCUT2D eigenvalue weighted by Gasteiger charge is -2.09. The largest absolute Gasteiger partial charge is 0.452 e. The Morgan fingerprint density at radius 3 is 2.54 bits per heavy atom. The summed E-state index contributed by atoms with van der Waals surface area (Å²) in [6, 6.07) is 4.05. The molecule has 0 spiro atoms. The summed E-state index contributed by atoms with van der Waals surface area (Å²) < 4.78 is 4.91. The minimum Gasteiger partial charge on any atom is -0.452 e. The van der Waals surface area contributed by atoms with Gasteiger partial charge in [0, 0.05) is 12.6 Å². The van der Waals surface area contributed by atoms with E-state index in [0.29, 0.717) is 0 Å². The van der Waals surface area contributed by atoms with E-state index in [9.17, 15) is 19.2 Å². The number of hydrogen-bond donors (Lipinski definition) is 1. The quantitative estimate of drug-likeness (QED) is 0.480. The van der Waals surface area contributed by atoms with Gasteiger partial charge in [-0.1, -0.05) is 6.08 Å². The number of carbonyl (C=O) groups is 4. The molecule has 7 nitrogen and oxygen atoms in total. The van der Waals surface area contributed by atoms with E-state index in [4.69, 9.17) is 4.74 Å². The van der Waals surface area contributed by atoms with Gasteiger partial charge in [-0.05, 0) is 32.0 Å². The molecule has 0 atom stereocenters. The minimum absolute atomic E-state index is 0.0596. The highest BCUT2D eigenvalue weighted by Gasteiger charge is 2.35. The molecule has 0 bridgehead atoms. The first-order chi connectivity index (χ1) is 11.3. The number of nitrogens with one attached hydrogen (secondary N) is 1. The van der Waals surface area contributed by atoms with Gasteiger partial charge in [-0.3, -0.25) is 19.3 Å². The van der Waals surface area contributed by atoms with Crippen molar-refractivity contribution >= 4 is 23.7 Å². The molecule has 1 aromatic rings. The molecule has 1 aliphatic heterocycles. The van der Waals surface area contributed by atoms with Crippen LogP contribution in [0.4, 0.5) is 0 Å². The predicted molar refractivity (Wildman–Crippen MR) is 85.6 cm³/mol. The van der Waals surface area contributed by atoms with Crippen molar-refractivity contribution in [2.45, 2.75) is 19.9 Å². The van der Waals surface area contributed by atoms with Crippen LogP contribution in [0.2, 0.25) is 0 Å². The molecule has 0 aromatic heterocycles. The van der Waals surface area contributed by atoms with E-state index in [1.165, 1.54) is 24.3 Å². The highest BCUT2D eigenvalue weighted by molar-refractivity contribution is 6.22. The monoisotopic (exact) mass is 330 g/mol. The second-order valence-corrected chi connectivity index (χ2v) is 5.57. The molecule has 0 saturated carbocycles. The van der Waals surface area contributed by atoms with Crippen LogP contribution < -0.4 is 5.32 Å². The number of nitrogens with zero attached hydrogens (tertiary/aromatic N) is 1. The Hall–Kier alpha value is -2.96. The van der Waals surface area contributed by atoms with Gasteiger partial charge in [0.1, 0.15) is 0 Å². The molecule has 1 aromatic carbocycles. The molecule has 7 heteroatoms. The summed E-state index contributed by atoms with van der Waals surface area (Å²) in [5, 5.41) is 2.59. The second kappa shape index (κ2) is 7.08. The van der Waals surface area contributed by atoms with Crippen LogP contribution in [0, 0.1) is 0 Å². The summed E-state index contributed by atoms with van der Waals surface area (Å²) >= 11 is 0. The lowest BCUT2D eigenvalue weighted by molar-refractivity contribution is -0.124. The smallest absolute Gasteiger partial charge is 0.338 e. The fourth-order valence-electron chi connectivity index (χ4n) is 2.29. The van der Waals surface area contributed by atoms with Crippen LogP contribution in [0.3, 0.4) is 0 Å². The number of imide groups is 1. The van der Waals surface area contributed by atoms with Gasteiger partial charge in [0.15, 0.2) is 6.61 Å². The molecule has 0 radical (unpaired) electrons. The lowest BCUT2D eigenvalue weighted by Crippen LogP contribution is -2.34. The highest BCUT2D eigenvalue weighted by Crippen LogP contribution is 2.24. The fraction of sp³-hybridized carbons (Fsp3) is 0.294. The normalized spacial score (nSPS) is 13.0. The van der Waals surface area contributed by atoms with Gasteiger partial charge in [-0.15, -0.1) is 6.58 Å². The molecule has 2 rings (SSSR count). The predicted octanol–water partition coefficient (Wildman–Crippen LogP) is 1.15. The molecule has 3 amide bonds. The maximum atomic E-state index is 12.2. The van der Waals surface area contributed by atoms with E-state index >= 15 is 0 Å². The molecule has 0 fully saturated rings. The van der Waals surface area contributed by atoms with Crippen molar-refractivity contribution < 1.29 is 23.9 Å². The molecular weight excluding hydrogens is 312 g/mol. The van der Waals surface area contributed by atoms with Crippen LogP contribution in [-0.2, 0) is 9.53 Å². The zero-order valence-corrected chi connectivity index (χ0v) is 13.5. The van der Waals surface area contributed by atoms with Gasteiger partial charge >= 0.3 is 5.97 Å². The second-order valence-electron chi connectivity index (χ2n) is 5.57. The van der Waals surface area contributed by atoms with Crippen LogP contribution in [-0.4, -0.2) is 47.8 Å². The molecule has 24 heavy (non-hydrogen) atoms. The third-order valence-electron chi connectivity index (χ3n) is 3.30. The van der Waals surface area contributed by atoms with Gasteiger partial charge in [0.2, 0.25) is 0 Å². The fourth-order valence-corrected chi connectivity index (χ4v) is 2.29. The summed E-state index contributed by atoms with van der Waals surface area (Å²) in [5.41, 5.74) is 0.478. The first-order valence-corrected chi connectivity index (χ1v) is 7.42. The SMILES string of the molecule is C=CCN1C(=O)c2ccc(C(=O)OCC(=O)NC(C)C)cc2C1=O. The molecule has 1 N–H and O–H groups in total. The van der Waals surface area contributed by atoms with Crippen molar-refractivity contribution in [3.05, 3.63) is 47.5 Å². The molecule has 0 aliphatic carbocycles. The zero-order valence-electron chi connectivity index (χ0n) is 13.5. The number of hydrogen-bond acceptors (Lipinski definition) is 5.